The number of fused-ring (bicyclic) bond motifs is 1. The molecule has 2 aromatic rings. The van der Waals surface area contributed by atoms with Crippen LogP contribution in [0.5, 0.6) is 0 Å². The first-order valence-corrected chi connectivity index (χ1v) is 7.62. The van der Waals surface area contributed by atoms with E-state index in [-0.39, 0.29) is 5.91 Å². The molecule has 1 heterocycles. The van der Waals surface area contributed by atoms with Crippen molar-refractivity contribution in [2.75, 3.05) is 13.1 Å². The second-order valence-electron chi connectivity index (χ2n) is 5.90. The van der Waals surface area contributed by atoms with E-state index in [1.54, 1.807) is 4.90 Å². The van der Waals surface area contributed by atoms with Crippen LogP contribution in [0.4, 0.5) is 0 Å². The molecule has 0 radical (unpaired) electrons. The van der Waals surface area contributed by atoms with E-state index in [4.69, 9.17) is 0 Å². The largest absolute Gasteiger partial charge is 0.387 e. The molecule has 2 aromatic carbocycles. The molecular weight excluding hydrogens is 262 g/mol. The van der Waals surface area contributed by atoms with E-state index in [9.17, 15) is 9.90 Å². The van der Waals surface area contributed by atoms with E-state index in [2.05, 4.69) is 13.0 Å². The van der Waals surface area contributed by atoms with Crippen LogP contribution in [0.25, 0.3) is 10.8 Å². The van der Waals surface area contributed by atoms with Crippen LogP contribution in [0, 0.1) is 5.92 Å². The second-order valence-corrected chi connectivity index (χ2v) is 5.90. The number of aliphatic hydroxyl groups excluding tert-OH is 1. The molecule has 1 N–H and O–H groups in total. The highest BCUT2D eigenvalue weighted by atomic mass is 16.3. The van der Waals surface area contributed by atoms with Crippen molar-refractivity contribution in [1.82, 2.24) is 4.90 Å². The van der Waals surface area contributed by atoms with E-state index in [0.717, 1.165) is 29.3 Å². The van der Waals surface area contributed by atoms with Crippen LogP contribution in [0.2, 0.25) is 0 Å². The first kappa shape index (κ1) is 14.1. The quantitative estimate of drug-likeness (QED) is 0.936. The van der Waals surface area contributed by atoms with Gasteiger partial charge >= 0.3 is 0 Å². The summed E-state index contributed by atoms with van der Waals surface area (Å²) in [5.74, 6) is 0.614. The van der Waals surface area contributed by atoms with Gasteiger partial charge < -0.3 is 10.0 Å². The van der Waals surface area contributed by atoms with Gasteiger partial charge in [0.1, 0.15) is 0 Å². The van der Waals surface area contributed by atoms with E-state index >= 15 is 0 Å². The van der Waals surface area contributed by atoms with Crippen molar-refractivity contribution >= 4 is 16.7 Å². The van der Waals surface area contributed by atoms with Crippen LogP contribution in [0.3, 0.4) is 0 Å². The molecule has 1 aliphatic rings. The summed E-state index contributed by atoms with van der Waals surface area (Å²) in [7, 11) is 0. The van der Waals surface area contributed by atoms with Gasteiger partial charge in [-0.1, -0.05) is 49.7 Å². The van der Waals surface area contributed by atoms with Gasteiger partial charge in [-0.25, -0.2) is 0 Å². The first-order chi connectivity index (χ1) is 10.2. The molecule has 0 spiro atoms. The number of nitrogens with zero attached hydrogens (tertiary/aromatic N) is 1. The average molecular weight is 283 g/mol. The molecule has 0 aliphatic carbocycles. The van der Waals surface area contributed by atoms with Crippen molar-refractivity contribution in [3.63, 3.8) is 0 Å². The summed E-state index contributed by atoms with van der Waals surface area (Å²) in [5, 5.41) is 12.7. The predicted octanol–water partition coefficient (Wildman–Crippen LogP) is 3.13. The van der Waals surface area contributed by atoms with Gasteiger partial charge in [0.15, 0.2) is 0 Å². The van der Waals surface area contributed by atoms with Crippen LogP contribution in [0.15, 0.2) is 42.5 Å². The molecule has 0 aromatic heterocycles. The highest BCUT2D eigenvalue weighted by molar-refractivity contribution is 5.83. The summed E-state index contributed by atoms with van der Waals surface area (Å²) in [6.07, 6.45) is 1.03. The van der Waals surface area contributed by atoms with Crippen LogP contribution >= 0.6 is 0 Å². The van der Waals surface area contributed by atoms with Gasteiger partial charge in [0.05, 0.1) is 12.6 Å². The van der Waals surface area contributed by atoms with Crippen LogP contribution in [-0.2, 0) is 4.79 Å². The third-order valence-corrected chi connectivity index (χ3v) is 4.42. The molecular formula is C18H21NO2. The summed E-state index contributed by atoms with van der Waals surface area (Å²) in [6.45, 7) is 3.29. The zero-order valence-electron chi connectivity index (χ0n) is 12.3. The number of aliphatic hydroxyl groups is 1. The average Bonchev–Trinajstić information content (AvgIpc) is 2.87. The van der Waals surface area contributed by atoms with Crippen LogP contribution < -0.4 is 0 Å². The minimum absolute atomic E-state index is 0.168. The number of amides is 1. The Labute approximate surface area is 125 Å². The lowest BCUT2D eigenvalue weighted by atomic mass is 10.0. The Bertz CT molecular complexity index is 652. The highest BCUT2D eigenvalue weighted by Gasteiger charge is 2.29. The summed E-state index contributed by atoms with van der Waals surface area (Å²) in [5.41, 5.74) is 0.876. The Morgan fingerprint density at radius 1 is 1.24 bits per heavy atom. The minimum Gasteiger partial charge on any atom is -0.387 e. The number of carbonyl (C=O) groups excluding carboxylic acids is 1. The Morgan fingerprint density at radius 3 is 2.71 bits per heavy atom. The summed E-state index contributed by atoms with van der Waals surface area (Å²) < 4.78 is 0. The standard InChI is InChI=1S/C18H21NO2/c1-2-13-9-18(21)19(11-13)12-17(20)16-8-7-14-5-3-4-6-15(14)10-16/h3-8,10,13,17,20H,2,9,11-12H2,1H3. The molecule has 1 fully saturated rings. The van der Waals surface area contributed by atoms with Crippen molar-refractivity contribution < 1.29 is 9.90 Å². The molecule has 1 amide bonds. The lowest BCUT2D eigenvalue weighted by molar-refractivity contribution is -0.129. The normalized spacial score (nSPS) is 20.2. The molecule has 3 rings (SSSR count). The van der Waals surface area contributed by atoms with E-state index in [1.165, 1.54) is 0 Å². The number of β-amino-alcohol motifs (C(OH)–C–C–N with tert-alkyl or cyclic N) is 1. The molecule has 2 atom stereocenters. The molecule has 1 aliphatic heterocycles. The molecule has 0 bridgehead atoms. The van der Waals surface area contributed by atoms with Gasteiger partial charge in [-0.2, -0.15) is 0 Å². The molecule has 21 heavy (non-hydrogen) atoms. The third-order valence-electron chi connectivity index (χ3n) is 4.42. The molecule has 1 saturated heterocycles. The predicted molar refractivity (Wildman–Crippen MR) is 83.9 cm³/mol. The number of benzene rings is 2. The highest BCUT2D eigenvalue weighted by Crippen LogP contribution is 2.25. The maximum absolute atomic E-state index is 11.9. The van der Waals surface area contributed by atoms with Gasteiger partial charge in [0, 0.05) is 13.0 Å². The first-order valence-electron chi connectivity index (χ1n) is 7.62. The van der Waals surface area contributed by atoms with E-state index in [0.29, 0.717) is 18.9 Å². The Balaban J connectivity index is 1.74. The zero-order chi connectivity index (χ0) is 14.8. The number of likely N-dealkylation sites (tertiary alicyclic amines) is 1. The topological polar surface area (TPSA) is 40.5 Å². The van der Waals surface area contributed by atoms with Gasteiger partial charge in [-0.05, 0) is 28.3 Å². The van der Waals surface area contributed by atoms with Crippen molar-refractivity contribution in [1.29, 1.82) is 0 Å². The van der Waals surface area contributed by atoms with E-state index < -0.39 is 6.10 Å². The fourth-order valence-corrected chi connectivity index (χ4v) is 3.03. The fourth-order valence-electron chi connectivity index (χ4n) is 3.03. The molecule has 2 unspecified atom stereocenters. The van der Waals surface area contributed by atoms with Crippen LogP contribution in [-0.4, -0.2) is 29.0 Å². The maximum atomic E-state index is 11.9. The summed E-state index contributed by atoms with van der Waals surface area (Å²) in [4.78, 5) is 13.7. The number of hydrogen-bond acceptors (Lipinski definition) is 2. The SMILES string of the molecule is CCC1CC(=O)N(CC(O)c2ccc3ccccc3c2)C1. The molecule has 110 valence electrons. The van der Waals surface area contributed by atoms with Crippen molar-refractivity contribution in [3.05, 3.63) is 48.0 Å². The number of hydrogen-bond donors (Lipinski definition) is 1. The minimum atomic E-state index is -0.617. The van der Waals surface area contributed by atoms with Crippen molar-refractivity contribution in [2.24, 2.45) is 5.92 Å². The lowest BCUT2D eigenvalue weighted by Gasteiger charge is -2.21. The summed E-state index contributed by atoms with van der Waals surface area (Å²) >= 11 is 0. The van der Waals surface area contributed by atoms with Crippen molar-refractivity contribution in [3.8, 4) is 0 Å². The molecule has 0 saturated carbocycles. The van der Waals surface area contributed by atoms with Gasteiger partial charge in [-0.3, -0.25) is 4.79 Å². The van der Waals surface area contributed by atoms with Gasteiger partial charge in [0.25, 0.3) is 0 Å². The monoisotopic (exact) mass is 283 g/mol. The van der Waals surface area contributed by atoms with Crippen molar-refractivity contribution in [2.45, 2.75) is 25.9 Å². The molecule has 3 nitrogen and oxygen atoms in total. The number of rotatable bonds is 4. The van der Waals surface area contributed by atoms with E-state index in [1.807, 2.05) is 36.4 Å². The molecule has 3 heteroatoms. The van der Waals surface area contributed by atoms with Crippen LogP contribution in [0.1, 0.15) is 31.4 Å². The maximum Gasteiger partial charge on any atom is 0.223 e. The Hall–Kier alpha value is -1.87. The number of carbonyl (C=O) groups is 1. The lowest BCUT2D eigenvalue weighted by Crippen LogP contribution is -2.30. The van der Waals surface area contributed by atoms with Gasteiger partial charge in [0.2, 0.25) is 5.91 Å². The third kappa shape index (κ3) is 2.93. The smallest absolute Gasteiger partial charge is 0.223 e. The Kier molecular flexibility index (Phi) is 3.93. The zero-order valence-corrected chi connectivity index (χ0v) is 12.3. The Morgan fingerprint density at radius 2 is 2.00 bits per heavy atom. The van der Waals surface area contributed by atoms with Gasteiger partial charge in [-0.15, -0.1) is 0 Å². The fraction of sp³-hybridized carbons (Fsp3) is 0.389. The summed E-state index contributed by atoms with van der Waals surface area (Å²) in [6, 6.07) is 14.1. The second kappa shape index (κ2) is 5.86.